The lowest BCUT2D eigenvalue weighted by atomic mass is 9.91. The molecule has 2 nitrogen and oxygen atoms in total. The average Bonchev–Trinajstić information content (AvgIpc) is 2.39. The van der Waals surface area contributed by atoms with Crippen LogP contribution in [0.1, 0.15) is 53.0 Å². The van der Waals surface area contributed by atoms with Gasteiger partial charge in [0.25, 0.3) is 0 Å². The summed E-state index contributed by atoms with van der Waals surface area (Å²) in [6.45, 7) is 13.3. The van der Waals surface area contributed by atoms with Crippen molar-refractivity contribution in [1.82, 2.24) is 5.32 Å². The summed E-state index contributed by atoms with van der Waals surface area (Å²) in [5.41, 5.74) is 2.77. The second-order valence-corrected chi connectivity index (χ2v) is 7.87. The van der Waals surface area contributed by atoms with Crippen LogP contribution in [0.2, 0.25) is 5.02 Å². The quantitative estimate of drug-likeness (QED) is 0.858. The van der Waals surface area contributed by atoms with Gasteiger partial charge in [0, 0.05) is 35.4 Å². The molecule has 118 valence electrons. The first-order valence-corrected chi connectivity index (χ1v) is 8.46. The van der Waals surface area contributed by atoms with Crippen molar-refractivity contribution in [3.63, 3.8) is 0 Å². The fourth-order valence-electron chi connectivity index (χ4n) is 2.99. The number of rotatable bonds is 3. The van der Waals surface area contributed by atoms with Crippen LogP contribution in [0.5, 0.6) is 0 Å². The Kier molecular flexibility index (Phi) is 5.21. The van der Waals surface area contributed by atoms with Crippen molar-refractivity contribution in [3.05, 3.63) is 28.8 Å². The zero-order valence-corrected chi connectivity index (χ0v) is 14.8. The van der Waals surface area contributed by atoms with Gasteiger partial charge < -0.3 is 10.2 Å². The number of piperidine rings is 1. The Balaban J connectivity index is 2.26. The van der Waals surface area contributed by atoms with Gasteiger partial charge in [-0.15, -0.1) is 0 Å². The Morgan fingerprint density at radius 1 is 1.29 bits per heavy atom. The van der Waals surface area contributed by atoms with E-state index < -0.39 is 0 Å². The van der Waals surface area contributed by atoms with Crippen molar-refractivity contribution in [1.29, 1.82) is 0 Å². The molecule has 1 aromatic carbocycles. The number of benzene rings is 1. The van der Waals surface area contributed by atoms with E-state index in [1.807, 2.05) is 6.07 Å². The first-order chi connectivity index (χ1) is 9.78. The molecular formula is C18H29ClN2. The van der Waals surface area contributed by atoms with Crippen LogP contribution in [0.4, 0.5) is 5.69 Å². The van der Waals surface area contributed by atoms with E-state index in [2.05, 4.69) is 57.0 Å². The summed E-state index contributed by atoms with van der Waals surface area (Å²) in [4.78, 5) is 2.54. The van der Waals surface area contributed by atoms with E-state index in [0.717, 1.165) is 24.0 Å². The summed E-state index contributed by atoms with van der Waals surface area (Å²) in [7, 11) is 0. The molecule has 0 amide bonds. The maximum atomic E-state index is 6.26. The monoisotopic (exact) mass is 308 g/mol. The molecule has 0 aromatic heterocycles. The van der Waals surface area contributed by atoms with Crippen LogP contribution in [0.25, 0.3) is 0 Å². The first kappa shape index (κ1) is 16.6. The molecule has 1 heterocycles. The second-order valence-electron chi connectivity index (χ2n) is 7.43. The van der Waals surface area contributed by atoms with Crippen LogP contribution in [-0.4, -0.2) is 18.1 Å². The van der Waals surface area contributed by atoms with E-state index in [-0.39, 0.29) is 5.54 Å². The predicted octanol–water partition coefficient (Wildman–Crippen LogP) is 4.85. The minimum Gasteiger partial charge on any atom is -0.368 e. The van der Waals surface area contributed by atoms with Crippen LogP contribution in [0, 0.1) is 5.92 Å². The molecule has 21 heavy (non-hydrogen) atoms. The summed E-state index contributed by atoms with van der Waals surface area (Å²) in [6, 6.07) is 6.88. The Morgan fingerprint density at radius 3 is 2.67 bits per heavy atom. The Bertz CT molecular complexity index is 479. The number of nitrogens with one attached hydrogen (secondary N) is 1. The largest absolute Gasteiger partial charge is 0.368 e. The van der Waals surface area contributed by atoms with Gasteiger partial charge in [-0.25, -0.2) is 0 Å². The smallest absolute Gasteiger partial charge is 0.0429 e. The van der Waals surface area contributed by atoms with E-state index >= 15 is 0 Å². The Morgan fingerprint density at radius 2 is 2.00 bits per heavy atom. The van der Waals surface area contributed by atoms with Crippen molar-refractivity contribution in [2.75, 3.05) is 11.4 Å². The van der Waals surface area contributed by atoms with E-state index in [9.17, 15) is 0 Å². The Labute approximate surface area is 134 Å². The highest BCUT2D eigenvalue weighted by atomic mass is 35.5. The van der Waals surface area contributed by atoms with E-state index in [1.165, 1.54) is 24.1 Å². The summed E-state index contributed by atoms with van der Waals surface area (Å²) < 4.78 is 0. The van der Waals surface area contributed by atoms with E-state index in [1.54, 1.807) is 0 Å². The maximum Gasteiger partial charge on any atom is 0.0429 e. The lowest BCUT2D eigenvalue weighted by molar-refractivity contribution is 0.362. The molecule has 0 radical (unpaired) electrons. The van der Waals surface area contributed by atoms with Crippen LogP contribution >= 0.6 is 11.6 Å². The Hall–Kier alpha value is -0.730. The van der Waals surface area contributed by atoms with Gasteiger partial charge in [0.05, 0.1) is 0 Å². The van der Waals surface area contributed by atoms with Gasteiger partial charge in [-0.05, 0) is 64.2 Å². The third-order valence-corrected chi connectivity index (χ3v) is 4.77. The molecule has 1 aliphatic rings. The SMILES string of the molecule is CC1CCCN(c2cc(Cl)ccc2CNC(C)(C)C)C1C. The van der Waals surface area contributed by atoms with Gasteiger partial charge >= 0.3 is 0 Å². The van der Waals surface area contributed by atoms with Crippen molar-refractivity contribution < 1.29 is 0 Å². The molecule has 1 aromatic rings. The maximum absolute atomic E-state index is 6.26. The van der Waals surface area contributed by atoms with Crippen molar-refractivity contribution >= 4 is 17.3 Å². The number of halogens is 1. The van der Waals surface area contributed by atoms with Crippen molar-refractivity contribution in [3.8, 4) is 0 Å². The second kappa shape index (κ2) is 6.58. The summed E-state index contributed by atoms with van der Waals surface area (Å²) in [5, 5.41) is 4.42. The lowest BCUT2D eigenvalue weighted by Crippen LogP contribution is -2.43. The highest BCUT2D eigenvalue weighted by Crippen LogP contribution is 2.32. The minimum atomic E-state index is 0.123. The highest BCUT2D eigenvalue weighted by molar-refractivity contribution is 6.30. The summed E-state index contributed by atoms with van der Waals surface area (Å²) in [6.07, 6.45) is 2.60. The number of hydrogen-bond acceptors (Lipinski definition) is 2. The summed E-state index contributed by atoms with van der Waals surface area (Å²) in [5.74, 6) is 0.737. The molecule has 1 N–H and O–H groups in total. The summed E-state index contributed by atoms with van der Waals surface area (Å²) >= 11 is 6.26. The number of nitrogens with zero attached hydrogens (tertiary/aromatic N) is 1. The molecule has 3 heteroatoms. The molecule has 2 rings (SSSR count). The molecule has 0 spiro atoms. The molecule has 0 bridgehead atoms. The van der Waals surface area contributed by atoms with Gasteiger partial charge in [0.2, 0.25) is 0 Å². The standard InChI is InChI=1S/C18H29ClN2/c1-13-7-6-10-21(14(13)2)17-11-16(19)9-8-15(17)12-20-18(3,4)5/h8-9,11,13-14,20H,6-7,10,12H2,1-5H3. The highest BCUT2D eigenvalue weighted by Gasteiger charge is 2.26. The van der Waals surface area contributed by atoms with E-state index in [4.69, 9.17) is 11.6 Å². The van der Waals surface area contributed by atoms with Crippen LogP contribution < -0.4 is 10.2 Å². The normalized spacial score (nSPS) is 23.4. The zero-order chi connectivity index (χ0) is 15.6. The van der Waals surface area contributed by atoms with Crippen LogP contribution in [-0.2, 0) is 6.54 Å². The number of hydrogen-bond donors (Lipinski definition) is 1. The van der Waals surface area contributed by atoms with E-state index in [0.29, 0.717) is 6.04 Å². The van der Waals surface area contributed by atoms with Gasteiger partial charge in [-0.3, -0.25) is 0 Å². The van der Waals surface area contributed by atoms with Crippen LogP contribution in [0.3, 0.4) is 0 Å². The van der Waals surface area contributed by atoms with Crippen molar-refractivity contribution in [2.24, 2.45) is 5.92 Å². The first-order valence-electron chi connectivity index (χ1n) is 8.08. The van der Waals surface area contributed by atoms with Gasteiger partial charge in [0.1, 0.15) is 0 Å². The molecule has 1 fully saturated rings. The fourth-order valence-corrected chi connectivity index (χ4v) is 3.16. The molecular weight excluding hydrogens is 280 g/mol. The minimum absolute atomic E-state index is 0.123. The third kappa shape index (κ3) is 4.37. The fraction of sp³-hybridized carbons (Fsp3) is 0.667. The van der Waals surface area contributed by atoms with Gasteiger partial charge in [0.15, 0.2) is 0 Å². The lowest BCUT2D eigenvalue weighted by Gasteiger charge is -2.41. The molecule has 1 aliphatic heterocycles. The zero-order valence-electron chi connectivity index (χ0n) is 14.0. The molecule has 1 saturated heterocycles. The number of anilines is 1. The predicted molar refractivity (Wildman–Crippen MR) is 93.3 cm³/mol. The third-order valence-electron chi connectivity index (χ3n) is 4.54. The van der Waals surface area contributed by atoms with Gasteiger partial charge in [-0.2, -0.15) is 0 Å². The molecule has 0 saturated carbocycles. The molecule has 2 atom stereocenters. The van der Waals surface area contributed by atoms with Crippen LogP contribution in [0.15, 0.2) is 18.2 Å². The van der Waals surface area contributed by atoms with Gasteiger partial charge in [-0.1, -0.05) is 24.6 Å². The molecule has 2 unspecified atom stereocenters. The average molecular weight is 309 g/mol. The van der Waals surface area contributed by atoms with Crippen molar-refractivity contribution in [2.45, 2.75) is 65.6 Å². The molecule has 0 aliphatic carbocycles. The topological polar surface area (TPSA) is 15.3 Å².